The molecule has 2 heterocycles. The number of rotatable bonds is 4. The molecule has 35 heavy (non-hydrogen) atoms. The van der Waals surface area contributed by atoms with E-state index in [-0.39, 0.29) is 16.7 Å². The van der Waals surface area contributed by atoms with Gasteiger partial charge >= 0.3 is 0 Å². The molecular weight excluding hydrogens is 458 g/mol. The highest BCUT2D eigenvalue weighted by Gasteiger charge is 2.44. The highest BCUT2D eigenvalue weighted by Crippen LogP contribution is 2.49. The van der Waals surface area contributed by atoms with Gasteiger partial charge in [0.05, 0.1) is 17.1 Å². The van der Waals surface area contributed by atoms with Crippen LogP contribution in [-0.4, -0.2) is 30.8 Å². The highest BCUT2D eigenvalue weighted by atomic mass is 32.2. The number of benzene rings is 2. The number of nitrogens with two attached hydrogens (primary N) is 1. The van der Waals surface area contributed by atoms with E-state index < -0.39 is 5.91 Å². The number of para-hydroxylation sites is 1. The van der Waals surface area contributed by atoms with E-state index in [1.54, 1.807) is 4.57 Å². The number of primary amides is 1. The minimum Gasteiger partial charge on any atom is -0.369 e. The molecule has 2 aliphatic rings. The predicted molar refractivity (Wildman–Crippen MR) is 137 cm³/mol. The minimum absolute atomic E-state index is 0.0166. The third-order valence-corrected chi connectivity index (χ3v) is 8.49. The van der Waals surface area contributed by atoms with Crippen LogP contribution in [0, 0.1) is 6.92 Å². The van der Waals surface area contributed by atoms with E-state index in [2.05, 4.69) is 28.4 Å². The standard InChI is InChI=1S/C27H27N5O2S/c1-17-9-3-6-12-20(17)31-24(34)22-23(32-25(31)29-30-26(32)35-16-21(28)33)19-11-5-4-10-18(19)15-27(22)13-7-2-8-14-27/h3-6,9-12H,2,7-8,13-16H2,1H3,(H2,28,33). The lowest BCUT2D eigenvalue weighted by atomic mass is 9.62. The van der Waals surface area contributed by atoms with E-state index in [1.807, 2.05) is 41.7 Å². The molecule has 1 fully saturated rings. The van der Waals surface area contributed by atoms with Gasteiger partial charge in [0, 0.05) is 16.5 Å². The van der Waals surface area contributed by atoms with E-state index in [4.69, 9.17) is 5.73 Å². The first-order valence-corrected chi connectivity index (χ1v) is 13.1. The molecule has 2 aliphatic carbocycles. The molecule has 1 spiro atoms. The Hall–Kier alpha value is -3.39. The summed E-state index contributed by atoms with van der Waals surface area (Å²) in [6.07, 6.45) is 6.23. The maximum atomic E-state index is 14.5. The van der Waals surface area contributed by atoms with Gasteiger partial charge < -0.3 is 5.73 Å². The number of hydrogen-bond acceptors (Lipinski definition) is 5. The first-order valence-electron chi connectivity index (χ1n) is 12.1. The molecule has 0 saturated heterocycles. The summed E-state index contributed by atoms with van der Waals surface area (Å²) in [5.74, 6) is 0.126. The summed E-state index contributed by atoms with van der Waals surface area (Å²) in [6, 6.07) is 16.2. The molecule has 2 aromatic heterocycles. The van der Waals surface area contributed by atoms with Crippen LogP contribution in [0.5, 0.6) is 0 Å². The average molecular weight is 486 g/mol. The van der Waals surface area contributed by atoms with Crippen molar-refractivity contribution in [3.05, 3.63) is 75.6 Å². The fourth-order valence-corrected chi connectivity index (χ4v) is 6.70. The molecule has 0 radical (unpaired) electrons. The largest absolute Gasteiger partial charge is 0.369 e. The molecule has 4 aromatic rings. The number of carbonyl (C=O) groups is 1. The second-order valence-electron chi connectivity index (χ2n) is 9.70. The second kappa shape index (κ2) is 8.37. The molecule has 0 aliphatic heterocycles. The van der Waals surface area contributed by atoms with Crippen LogP contribution in [0.4, 0.5) is 0 Å². The lowest BCUT2D eigenvalue weighted by molar-refractivity contribution is -0.115. The first-order chi connectivity index (χ1) is 17.0. The summed E-state index contributed by atoms with van der Waals surface area (Å²) >= 11 is 1.26. The van der Waals surface area contributed by atoms with Crippen molar-refractivity contribution in [3.63, 3.8) is 0 Å². The van der Waals surface area contributed by atoms with Crippen LogP contribution in [0.15, 0.2) is 58.5 Å². The smallest absolute Gasteiger partial charge is 0.263 e. The first kappa shape index (κ1) is 22.1. The number of nitrogens with zero attached hydrogens (tertiary/aromatic N) is 4. The van der Waals surface area contributed by atoms with Crippen LogP contribution in [0.25, 0.3) is 22.7 Å². The SMILES string of the molecule is Cc1ccccc1-n1c(=O)c2c(n3c(SCC(N)=O)nnc13)-c1ccccc1CC21CCCCC1. The van der Waals surface area contributed by atoms with E-state index in [1.165, 1.54) is 23.7 Å². The molecule has 178 valence electrons. The summed E-state index contributed by atoms with van der Waals surface area (Å²) in [5, 5.41) is 9.51. The summed E-state index contributed by atoms with van der Waals surface area (Å²) < 4.78 is 3.71. The molecule has 8 heteroatoms. The average Bonchev–Trinajstić information content (AvgIpc) is 3.27. The Balaban J connectivity index is 1.78. The van der Waals surface area contributed by atoms with Gasteiger partial charge in [0.15, 0.2) is 5.16 Å². The number of thioether (sulfide) groups is 1. The summed E-state index contributed by atoms with van der Waals surface area (Å²) in [6.45, 7) is 2.00. The normalized spacial score (nSPS) is 16.3. The van der Waals surface area contributed by atoms with Gasteiger partial charge in [-0.05, 0) is 43.4 Å². The van der Waals surface area contributed by atoms with Gasteiger partial charge in [-0.1, -0.05) is 73.5 Å². The fraction of sp³-hybridized carbons (Fsp3) is 0.333. The zero-order chi connectivity index (χ0) is 24.2. The third-order valence-electron chi connectivity index (χ3n) is 7.54. The predicted octanol–water partition coefficient (Wildman–Crippen LogP) is 4.19. The number of carbonyl (C=O) groups excluding carboxylic acids is 1. The Labute approximate surface area is 207 Å². The molecule has 0 atom stereocenters. The van der Waals surface area contributed by atoms with E-state index >= 15 is 0 Å². The zero-order valence-corrected chi connectivity index (χ0v) is 20.5. The van der Waals surface area contributed by atoms with Crippen LogP contribution >= 0.6 is 11.8 Å². The maximum absolute atomic E-state index is 14.5. The van der Waals surface area contributed by atoms with Crippen LogP contribution in [-0.2, 0) is 16.6 Å². The number of aromatic nitrogens is 4. The van der Waals surface area contributed by atoms with Gasteiger partial charge in [-0.2, -0.15) is 0 Å². The monoisotopic (exact) mass is 485 g/mol. The number of amides is 1. The Morgan fingerprint density at radius 2 is 1.80 bits per heavy atom. The van der Waals surface area contributed by atoms with Gasteiger partial charge in [0.25, 0.3) is 5.56 Å². The van der Waals surface area contributed by atoms with Crippen molar-refractivity contribution in [2.45, 2.75) is 56.0 Å². The molecule has 2 aromatic carbocycles. The van der Waals surface area contributed by atoms with Crippen molar-refractivity contribution in [3.8, 4) is 16.9 Å². The van der Waals surface area contributed by atoms with Crippen molar-refractivity contribution < 1.29 is 4.79 Å². The Bertz CT molecular complexity index is 1530. The summed E-state index contributed by atoms with van der Waals surface area (Å²) in [4.78, 5) is 26.2. The molecule has 2 N–H and O–H groups in total. The summed E-state index contributed by atoms with van der Waals surface area (Å²) in [7, 11) is 0. The van der Waals surface area contributed by atoms with Crippen LogP contribution < -0.4 is 11.3 Å². The zero-order valence-electron chi connectivity index (χ0n) is 19.7. The quantitative estimate of drug-likeness (QED) is 0.437. The van der Waals surface area contributed by atoms with Gasteiger partial charge in [0.1, 0.15) is 0 Å². The van der Waals surface area contributed by atoms with E-state index in [0.717, 1.165) is 60.2 Å². The van der Waals surface area contributed by atoms with Gasteiger partial charge in [-0.3, -0.25) is 14.0 Å². The minimum atomic E-state index is -0.419. The Morgan fingerprint density at radius 1 is 1.06 bits per heavy atom. The van der Waals surface area contributed by atoms with Crippen molar-refractivity contribution in [1.82, 2.24) is 19.2 Å². The molecule has 6 rings (SSSR count). The van der Waals surface area contributed by atoms with Crippen molar-refractivity contribution in [2.24, 2.45) is 5.73 Å². The van der Waals surface area contributed by atoms with Crippen molar-refractivity contribution >= 4 is 23.4 Å². The molecular formula is C27H27N5O2S. The fourth-order valence-electron chi connectivity index (χ4n) is 6.03. The molecule has 0 unspecified atom stereocenters. The van der Waals surface area contributed by atoms with Crippen molar-refractivity contribution in [2.75, 3.05) is 5.75 Å². The third kappa shape index (κ3) is 3.42. The van der Waals surface area contributed by atoms with Crippen LogP contribution in [0.2, 0.25) is 0 Å². The lowest BCUT2D eigenvalue weighted by Crippen LogP contribution is -2.43. The molecule has 1 amide bonds. The van der Waals surface area contributed by atoms with Gasteiger partial charge in [-0.25, -0.2) is 4.57 Å². The topological polar surface area (TPSA) is 95.3 Å². The van der Waals surface area contributed by atoms with Gasteiger partial charge in [0.2, 0.25) is 11.7 Å². The van der Waals surface area contributed by atoms with Gasteiger partial charge in [-0.15, -0.1) is 10.2 Å². The highest BCUT2D eigenvalue weighted by molar-refractivity contribution is 7.99. The Morgan fingerprint density at radius 3 is 2.57 bits per heavy atom. The lowest BCUT2D eigenvalue weighted by Gasteiger charge is -2.42. The van der Waals surface area contributed by atoms with Crippen LogP contribution in [0.3, 0.4) is 0 Å². The Kier molecular flexibility index (Phi) is 5.29. The number of fused-ring (bicyclic) bond motifs is 6. The molecule has 1 saturated carbocycles. The van der Waals surface area contributed by atoms with Crippen LogP contribution in [0.1, 0.15) is 48.8 Å². The van der Waals surface area contributed by atoms with E-state index in [0.29, 0.717) is 10.9 Å². The number of hydrogen-bond donors (Lipinski definition) is 1. The maximum Gasteiger partial charge on any atom is 0.263 e. The van der Waals surface area contributed by atoms with E-state index in [9.17, 15) is 9.59 Å². The van der Waals surface area contributed by atoms with Crippen molar-refractivity contribution in [1.29, 1.82) is 0 Å². The molecule has 0 bridgehead atoms. The summed E-state index contributed by atoms with van der Waals surface area (Å²) in [5.41, 5.74) is 11.0. The second-order valence-corrected chi connectivity index (χ2v) is 10.6. The number of aryl methyl sites for hydroxylation is 1. The molecule has 7 nitrogen and oxygen atoms in total.